The number of urea groups is 1. The summed E-state index contributed by atoms with van der Waals surface area (Å²) in [5, 5.41) is 3.49. The number of amides is 2. The smallest absolute Gasteiger partial charge is 0.321 e. The van der Waals surface area contributed by atoms with Crippen LogP contribution in [0.3, 0.4) is 0 Å². The third-order valence-corrected chi connectivity index (χ3v) is 5.60. The molecule has 0 atom stereocenters. The largest absolute Gasteiger partial charge is 0.467 e. The molecule has 0 aliphatic carbocycles. The van der Waals surface area contributed by atoms with Crippen molar-refractivity contribution in [3.8, 4) is 5.19 Å². The first-order valence-electron chi connectivity index (χ1n) is 8.93. The number of hydrogen-bond donors (Lipinski definition) is 1. The molecule has 140 valence electrons. The van der Waals surface area contributed by atoms with E-state index in [-0.39, 0.29) is 18.0 Å². The molecule has 1 N–H and O–H groups in total. The van der Waals surface area contributed by atoms with Gasteiger partial charge in [-0.3, -0.25) is 0 Å². The molecule has 0 spiro atoms. The van der Waals surface area contributed by atoms with Gasteiger partial charge in [0, 0.05) is 31.6 Å². The maximum absolute atomic E-state index is 12.9. The first-order chi connectivity index (χ1) is 13.1. The molecule has 2 aromatic carbocycles. The Kier molecular flexibility index (Phi) is 4.94. The van der Waals surface area contributed by atoms with E-state index in [1.54, 1.807) is 28.4 Å². The summed E-state index contributed by atoms with van der Waals surface area (Å²) in [6.07, 6.45) is 1.57. The summed E-state index contributed by atoms with van der Waals surface area (Å²) in [6.45, 7) is 3.27. The van der Waals surface area contributed by atoms with Gasteiger partial charge in [-0.2, -0.15) is 0 Å². The van der Waals surface area contributed by atoms with E-state index in [1.807, 2.05) is 19.1 Å². The Morgan fingerprint density at radius 2 is 1.96 bits per heavy atom. The molecule has 0 saturated carbocycles. The fourth-order valence-corrected chi connectivity index (χ4v) is 4.13. The number of hydrogen-bond acceptors (Lipinski definition) is 4. The van der Waals surface area contributed by atoms with Crippen LogP contribution in [0.25, 0.3) is 10.2 Å². The van der Waals surface area contributed by atoms with Crippen molar-refractivity contribution in [1.29, 1.82) is 0 Å². The highest BCUT2D eigenvalue weighted by Crippen LogP contribution is 2.31. The van der Waals surface area contributed by atoms with E-state index in [2.05, 4.69) is 16.4 Å². The summed E-state index contributed by atoms with van der Waals surface area (Å²) in [5.41, 5.74) is 2.73. The molecule has 7 heteroatoms. The molecule has 0 radical (unpaired) electrons. The van der Waals surface area contributed by atoms with Gasteiger partial charge in [0.05, 0.1) is 10.2 Å². The van der Waals surface area contributed by atoms with Gasteiger partial charge in [0.2, 0.25) is 0 Å². The summed E-state index contributed by atoms with van der Waals surface area (Å²) in [6, 6.07) is 11.7. The lowest BCUT2D eigenvalue weighted by molar-refractivity contribution is 0.115. The van der Waals surface area contributed by atoms with E-state index < -0.39 is 0 Å². The normalized spacial score (nSPS) is 15.1. The predicted molar refractivity (Wildman–Crippen MR) is 105 cm³/mol. The van der Waals surface area contributed by atoms with Crippen molar-refractivity contribution in [2.24, 2.45) is 0 Å². The SMILES string of the molecule is Cc1cccc2sc(OC3CCN(C(=O)Nc4ccc(F)cc4)CC3)nc12. The van der Waals surface area contributed by atoms with Crippen LogP contribution in [0.5, 0.6) is 5.19 Å². The topological polar surface area (TPSA) is 54.5 Å². The average molecular weight is 385 g/mol. The molecule has 1 aliphatic rings. The Labute approximate surface area is 160 Å². The van der Waals surface area contributed by atoms with E-state index in [4.69, 9.17) is 4.74 Å². The standard InChI is InChI=1S/C20H20FN3O2S/c1-13-3-2-4-17-18(13)23-20(27-17)26-16-9-11-24(12-10-16)19(25)22-15-7-5-14(21)6-8-15/h2-8,16H,9-12H2,1H3,(H,22,25). The number of nitrogens with zero attached hydrogens (tertiary/aromatic N) is 2. The molecule has 0 bridgehead atoms. The van der Waals surface area contributed by atoms with Crippen molar-refractivity contribution in [1.82, 2.24) is 9.88 Å². The van der Waals surface area contributed by atoms with Gasteiger partial charge in [0.1, 0.15) is 11.9 Å². The highest BCUT2D eigenvalue weighted by molar-refractivity contribution is 7.20. The lowest BCUT2D eigenvalue weighted by Gasteiger charge is -2.31. The van der Waals surface area contributed by atoms with Gasteiger partial charge in [-0.05, 0) is 42.8 Å². The number of carbonyl (C=O) groups is 1. The quantitative estimate of drug-likeness (QED) is 0.703. The molecule has 2 heterocycles. The highest BCUT2D eigenvalue weighted by Gasteiger charge is 2.25. The first-order valence-corrected chi connectivity index (χ1v) is 9.74. The van der Waals surface area contributed by atoms with Gasteiger partial charge in [-0.15, -0.1) is 0 Å². The maximum atomic E-state index is 12.9. The van der Waals surface area contributed by atoms with Gasteiger partial charge in [0.15, 0.2) is 0 Å². The van der Waals surface area contributed by atoms with Crippen LogP contribution >= 0.6 is 11.3 Å². The van der Waals surface area contributed by atoms with Crippen molar-refractivity contribution < 1.29 is 13.9 Å². The molecule has 1 aliphatic heterocycles. The zero-order valence-electron chi connectivity index (χ0n) is 14.9. The Balaban J connectivity index is 1.32. The number of ether oxygens (including phenoxy) is 1. The van der Waals surface area contributed by atoms with Crippen LogP contribution in [0.1, 0.15) is 18.4 Å². The average Bonchev–Trinajstić information content (AvgIpc) is 3.08. The zero-order chi connectivity index (χ0) is 18.8. The number of likely N-dealkylation sites (tertiary alicyclic amines) is 1. The van der Waals surface area contributed by atoms with E-state index >= 15 is 0 Å². The highest BCUT2D eigenvalue weighted by atomic mass is 32.1. The fourth-order valence-electron chi connectivity index (χ4n) is 3.17. The number of halogens is 1. The number of rotatable bonds is 3. The van der Waals surface area contributed by atoms with Crippen LogP contribution in [-0.4, -0.2) is 35.1 Å². The molecule has 0 unspecified atom stereocenters. The van der Waals surface area contributed by atoms with Gasteiger partial charge < -0.3 is 15.0 Å². The summed E-state index contributed by atoms with van der Waals surface area (Å²) < 4.78 is 20.1. The third kappa shape index (κ3) is 4.03. The van der Waals surface area contributed by atoms with Crippen molar-refractivity contribution in [3.05, 3.63) is 53.8 Å². The van der Waals surface area contributed by atoms with Crippen LogP contribution in [0.4, 0.5) is 14.9 Å². The van der Waals surface area contributed by atoms with E-state index in [1.165, 1.54) is 12.1 Å². The number of thiazole rings is 1. The molecule has 5 nitrogen and oxygen atoms in total. The van der Waals surface area contributed by atoms with E-state index in [9.17, 15) is 9.18 Å². The van der Waals surface area contributed by atoms with Crippen LogP contribution in [0.15, 0.2) is 42.5 Å². The van der Waals surface area contributed by atoms with Crippen LogP contribution in [-0.2, 0) is 0 Å². The number of nitrogens with one attached hydrogen (secondary N) is 1. The summed E-state index contributed by atoms with van der Waals surface area (Å²) in [5.74, 6) is -0.323. The second-order valence-electron chi connectivity index (χ2n) is 6.64. The Bertz CT molecular complexity index is 950. The number of piperidine rings is 1. The molecule has 1 saturated heterocycles. The number of benzene rings is 2. The summed E-state index contributed by atoms with van der Waals surface area (Å²) in [7, 11) is 0. The van der Waals surface area contributed by atoms with E-state index in [0.29, 0.717) is 24.0 Å². The third-order valence-electron chi connectivity index (χ3n) is 4.69. The Morgan fingerprint density at radius 3 is 2.67 bits per heavy atom. The number of para-hydroxylation sites is 1. The minimum absolute atomic E-state index is 0.0562. The molecular formula is C20H20FN3O2S. The van der Waals surface area contributed by atoms with Crippen molar-refractivity contribution in [2.75, 3.05) is 18.4 Å². The second kappa shape index (κ2) is 7.52. The molecule has 3 aromatic rings. The molecular weight excluding hydrogens is 365 g/mol. The van der Waals surface area contributed by atoms with Crippen molar-refractivity contribution >= 4 is 33.3 Å². The molecule has 2 amide bonds. The Hall–Kier alpha value is -2.67. The molecule has 1 aromatic heterocycles. The maximum Gasteiger partial charge on any atom is 0.321 e. The number of aryl methyl sites for hydroxylation is 1. The molecule has 27 heavy (non-hydrogen) atoms. The number of anilines is 1. The number of aromatic nitrogens is 1. The van der Waals surface area contributed by atoms with Gasteiger partial charge >= 0.3 is 6.03 Å². The van der Waals surface area contributed by atoms with Gasteiger partial charge in [0.25, 0.3) is 5.19 Å². The summed E-state index contributed by atoms with van der Waals surface area (Å²) >= 11 is 1.56. The monoisotopic (exact) mass is 385 g/mol. The zero-order valence-corrected chi connectivity index (χ0v) is 15.8. The minimum Gasteiger partial charge on any atom is -0.467 e. The fraction of sp³-hybridized carbons (Fsp3) is 0.300. The number of fused-ring (bicyclic) bond motifs is 1. The molecule has 1 fully saturated rings. The minimum atomic E-state index is -0.323. The van der Waals surface area contributed by atoms with Gasteiger partial charge in [-0.1, -0.05) is 23.5 Å². The Morgan fingerprint density at radius 1 is 1.22 bits per heavy atom. The molecule has 4 rings (SSSR count). The van der Waals surface area contributed by atoms with Crippen LogP contribution < -0.4 is 10.1 Å². The van der Waals surface area contributed by atoms with E-state index in [0.717, 1.165) is 28.6 Å². The van der Waals surface area contributed by atoms with Crippen molar-refractivity contribution in [3.63, 3.8) is 0 Å². The second-order valence-corrected chi connectivity index (χ2v) is 7.64. The van der Waals surface area contributed by atoms with Crippen molar-refractivity contribution in [2.45, 2.75) is 25.9 Å². The lowest BCUT2D eigenvalue weighted by atomic mass is 10.1. The van der Waals surface area contributed by atoms with Crippen LogP contribution in [0, 0.1) is 12.7 Å². The van der Waals surface area contributed by atoms with Gasteiger partial charge in [-0.25, -0.2) is 14.2 Å². The van der Waals surface area contributed by atoms with Crippen LogP contribution in [0.2, 0.25) is 0 Å². The predicted octanol–water partition coefficient (Wildman–Crippen LogP) is 4.82. The first kappa shape index (κ1) is 17.7. The number of carbonyl (C=O) groups excluding carboxylic acids is 1. The lowest BCUT2D eigenvalue weighted by Crippen LogP contribution is -2.43. The summed E-state index contributed by atoms with van der Waals surface area (Å²) in [4.78, 5) is 18.7.